The summed E-state index contributed by atoms with van der Waals surface area (Å²) in [5.74, 6) is 0.898. The number of hydrogen-bond acceptors (Lipinski definition) is 4. The first kappa shape index (κ1) is 14.6. The van der Waals surface area contributed by atoms with Crippen LogP contribution in [0.5, 0.6) is 5.75 Å². The lowest BCUT2D eigenvalue weighted by Gasteiger charge is -2.24. The number of pyridine rings is 1. The van der Waals surface area contributed by atoms with Crippen molar-refractivity contribution in [2.45, 2.75) is 39.5 Å². The largest absolute Gasteiger partial charge is 0.506 e. The van der Waals surface area contributed by atoms with Gasteiger partial charge in [-0.2, -0.15) is 5.26 Å². The van der Waals surface area contributed by atoms with Crippen LogP contribution in [0.1, 0.15) is 42.5 Å². The third-order valence-corrected chi connectivity index (χ3v) is 4.42. The maximum absolute atomic E-state index is 10.6. The molecule has 0 aliphatic carbocycles. The minimum absolute atomic E-state index is 0.0734. The minimum atomic E-state index is 0.0734. The molecule has 1 fully saturated rings. The van der Waals surface area contributed by atoms with E-state index in [1.807, 2.05) is 26.0 Å². The van der Waals surface area contributed by atoms with Crippen LogP contribution in [0, 0.1) is 25.2 Å². The molecule has 4 heteroatoms. The Bertz CT molecular complexity index is 753. The summed E-state index contributed by atoms with van der Waals surface area (Å²) in [7, 11) is 0. The van der Waals surface area contributed by atoms with Gasteiger partial charge in [0.25, 0.3) is 0 Å². The first-order chi connectivity index (χ1) is 10.6. The molecule has 4 nitrogen and oxygen atoms in total. The molecule has 1 aliphatic heterocycles. The zero-order valence-corrected chi connectivity index (χ0v) is 13.2. The van der Waals surface area contributed by atoms with Gasteiger partial charge in [-0.05, 0) is 49.8 Å². The summed E-state index contributed by atoms with van der Waals surface area (Å²) < 4.78 is 0. The normalized spacial score (nSPS) is 15.6. The molecule has 1 saturated heterocycles. The predicted molar refractivity (Wildman–Crippen MR) is 88.3 cm³/mol. The number of phenolic OH excluding ortho intramolecular Hbond substituents is 1. The number of aryl methyl sites for hydroxylation is 2. The lowest BCUT2D eigenvalue weighted by molar-refractivity contribution is 0.479. The molecule has 0 spiro atoms. The van der Waals surface area contributed by atoms with Gasteiger partial charge < -0.3 is 10.0 Å². The monoisotopic (exact) mass is 295 g/mol. The van der Waals surface area contributed by atoms with E-state index in [4.69, 9.17) is 0 Å². The van der Waals surface area contributed by atoms with Crippen LogP contribution in [0.25, 0.3) is 10.8 Å². The lowest BCUT2D eigenvalue weighted by atomic mass is 10.0. The van der Waals surface area contributed by atoms with Crippen molar-refractivity contribution in [3.05, 3.63) is 29.0 Å². The summed E-state index contributed by atoms with van der Waals surface area (Å²) in [6.45, 7) is 5.76. The summed E-state index contributed by atoms with van der Waals surface area (Å²) in [6.07, 6.45) is 4.78. The number of nitrogens with zero attached hydrogens (tertiary/aromatic N) is 3. The van der Waals surface area contributed by atoms with Gasteiger partial charge in [-0.15, -0.1) is 0 Å². The molecule has 0 bridgehead atoms. The van der Waals surface area contributed by atoms with E-state index in [0.717, 1.165) is 53.8 Å². The number of nitriles is 1. The highest BCUT2D eigenvalue weighted by molar-refractivity contribution is 5.99. The molecule has 22 heavy (non-hydrogen) atoms. The van der Waals surface area contributed by atoms with Crippen molar-refractivity contribution in [2.75, 3.05) is 18.0 Å². The van der Waals surface area contributed by atoms with Crippen molar-refractivity contribution in [2.24, 2.45) is 0 Å². The Morgan fingerprint density at radius 3 is 2.45 bits per heavy atom. The van der Waals surface area contributed by atoms with Gasteiger partial charge in [-0.25, -0.2) is 4.98 Å². The Balaban J connectivity index is 2.26. The van der Waals surface area contributed by atoms with Crippen LogP contribution >= 0.6 is 0 Å². The fraction of sp³-hybridized carbons (Fsp3) is 0.444. The third kappa shape index (κ3) is 2.48. The van der Waals surface area contributed by atoms with Crippen LogP contribution in [0.3, 0.4) is 0 Å². The standard InChI is InChI=1S/C18H21N3O/c1-12-9-14-10-13(2)20-18(16(14)17(22)15(12)11-19)21-7-5-3-4-6-8-21/h9-10,22H,3-8H2,1-2H3. The SMILES string of the molecule is Cc1cc2cc(C)c(C#N)c(O)c2c(N2CCCCCC2)n1. The number of anilines is 1. The Labute approximate surface area is 131 Å². The van der Waals surface area contributed by atoms with Gasteiger partial charge in [0.1, 0.15) is 17.6 Å². The molecule has 1 aromatic heterocycles. The quantitative estimate of drug-likeness (QED) is 0.869. The number of aromatic hydroxyl groups is 1. The van der Waals surface area contributed by atoms with E-state index in [0.29, 0.717) is 5.56 Å². The number of benzene rings is 1. The highest BCUT2D eigenvalue weighted by Crippen LogP contribution is 2.37. The van der Waals surface area contributed by atoms with E-state index in [-0.39, 0.29) is 5.75 Å². The summed E-state index contributed by atoms with van der Waals surface area (Å²) in [5.41, 5.74) is 2.10. The summed E-state index contributed by atoms with van der Waals surface area (Å²) in [6, 6.07) is 6.07. The maximum atomic E-state index is 10.6. The van der Waals surface area contributed by atoms with Gasteiger partial charge >= 0.3 is 0 Å². The number of rotatable bonds is 1. The van der Waals surface area contributed by atoms with Gasteiger partial charge in [0.2, 0.25) is 0 Å². The first-order valence-electron chi connectivity index (χ1n) is 7.91. The van der Waals surface area contributed by atoms with Crippen molar-refractivity contribution >= 4 is 16.6 Å². The van der Waals surface area contributed by atoms with E-state index in [9.17, 15) is 10.4 Å². The minimum Gasteiger partial charge on any atom is -0.506 e. The molecule has 1 aromatic carbocycles. The molecule has 114 valence electrons. The molecular formula is C18H21N3O. The number of aromatic nitrogens is 1. The molecule has 0 atom stereocenters. The van der Waals surface area contributed by atoms with Crippen molar-refractivity contribution in [3.63, 3.8) is 0 Å². The van der Waals surface area contributed by atoms with Crippen molar-refractivity contribution < 1.29 is 5.11 Å². The van der Waals surface area contributed by atoms with Gasteiger partial charge in [0.15, 0.2) is 0 Å². The Morgan fingerprint density at radius 2 is 1.82 bits per heavy atom. The zero-order chi connectivity index (χ0) is 15.7. The fourth-order valence-electron chi connectivity index (χ4n) is 3.31. The topological polar surface area (TPSA) is 60.1 Å². The second-order valence-electron chi connectivity index (χ2n) is 6.12. The van der Waals surface area contributed by atoms with E-state index in [2.05, 4.69) is 16.0 Å². The van der Waals surface area contributed by atoms with Crippen LogP contribution < -0.4 is 4.90 Å². The molecule has 2 aromatic rings. The highest BCUT2D eigenvalue weighted by Gasteiger charge is 2.20. The van der Waals surface area contributed by atoms with Crippen LogP contribution in [-0.4, -0.2) is 23.2 Å². The predicted octanol–water partition coefficient (Wildman–Crippen LogP) is 3.81. The van der Waals surface area contributed by atoms with Gasteiger partial charge in [0, 0.05) is 18.8 Å². The van der Waals surface area contributed by atoms with E-state index in [1.54, 1.807) is 0 Å². The molecule has 3 rings (SSSR count). The van der Waals surface area contributed by atoms with Crippen LogP contribution in [0.4, 0.5) is 5.82 Å². The zero-order valence-electron chi connectivity index (χ0n) is 13.2. The second kappa shape index (κ2) is 5.84. The average molecular weight is 295 g/mol. The first-order valence-corrected chi connectivity index (χ1v) is 7.91. The molecule has 0 amide bonds. The van der Waals surface area contributed by atoms with Crippen LogP contribution in [0.2, 0.25) is 0 Å². The Hall–Kier alpha value is -2.28. The lowest BCUT2D eigenvalue weighted by Crippen LogP contribution is -2.25. The fourth-order valence-corrected chi connectivity index (χ4v) is 3.31. The van der Waals surface area contributed by atoms with Gasteiger partial charge in [-0.3, -0.25) is 0 Å². The smallest absolute Gasteiger partial charge is 0.145 e. The molecule has 0 radical (unpaired) electrons. The number of hydrogen-bond donors (Lipinski definition) is 1. The van der Waals surface area contributed by atoms with E-state index < -0.39 is 0 Å². The van der Waals surface area contributed by atoms with Crippen molar-refractivity contribution in [1.82, 2.24) is 4.98 Å². The molecule has 1 N–H and O–H groups in total. The Morgan fingerprint density at radius 1 is 1.14 bits per heavy atom. The van der Waals surface area contributed by atoms with E-state index in [1.165, 1.54) is 12.8 Å². The molecular weight excluding hydrogens is 274 g/mol. The maximum Gasteiger partial charge on any atom is 0.145 e. The molecule has 0 unspecified atom stereocenters. The highest BCUT2D eigenvalue weighted by atomic mass is 16.3. The summed E-state index contributed by atoms with van der Waals surface area (Å²) in [4.78, 5) is 6.95. The number of fused-ring (bicyclic) bond motifs is 1. The average Bonchev–Trinajstić information content (AvgIpc) is 2.75. The summed E-state index contributed by atoms with van der Waals surface area (Å²) >= 11 is 0. The number of phenols is 1. The van der Waals surface area contributed by atoms with Crippen LogP contribution in [0.15, 0.2) is 12.1 Å². The van der Waals surface area contributed by atoms with Gasteiger partial charge in [0.05, 0.1) is 10.9 Å². The molecule has 1 aliphatic rings. The van der Waals surface area contributed by atoms with E-state index >= 15 is 0 Å². The Kier molecular flexibility index (Phi) is 3.89. The van der Waals surface area contributed by atoms with Crippen molar-refractivity contribution in [1.29, 1.82) is 5.26 Å². The molecule has 2 heterocycles. The third-order valence-electron chi connectivity index (χ3n) is 4.42. The van der Waals surface area contributed by atoms with Crippen LogP contribution in [-0.2, 0) is 0 Å². The van der Waals surface area contributed by atoms with Crippen molar-refractivity contribution in [3.8, 4) is 11.8 Å². The van der Waals surface area contributed by atoms with Gasteiger partial charge in [-0.1, -0.05) is 12.8 Å². The second-order valence-corrected chi connectivity index (χ2v) is 6.12. The molecule has 0 saturated carbocycles. The summed E-state index contributed by atoms with van der Waals surface area (Å²) in [5, 5.41) is 21.6.